The molecule has 0 spiro atoms. The molecule has 0 aliphatic heterocycles. The number of hydrogen-bond donors (Lipinski definition) is 2. The monoisotopic (exact) mass is 299 g/mol. The minimum Gasteiger partial charge on any atom is -0.478 e. The fourth-order valence-electron chi connectivity index (χ4n) is 1.76. The maximum Gasteiger partial charge on any atom is 0.338 e. The van der Waals surface area contributed by atoms with E-state index in [0.29, 0.717) is 10.6 Å². The van der Waals surface area contributed by atoms with Crippen molar-refractivity contribution in [2.24, 2.45) is 0 Å². The second-order valence-electron chi connectivity index (χ2n) is 4.36. The minimum atomic E-state index is -1.05. The van der Waals surface area contributed by atoms with Crippen LogP contribution in [0.3, 0.4) is 0 Å². The van der Waals surface area contributed by atoms with Gasteiger partial charge >= 0.3 is 11.9 Å². The average molecular weight is 299 g/mol. The van der Waals surface area contributed by atoms with Crippen molar-refractivity contribution in [1.29, 1.82) is 0 Å². The molecule has 0 radical (unpaired) electrons. The van der Waals surface area contributed by atoms with Crippen molar-refractivity contribution in [3.63, 3.8) is 0 Å². The average Bonchev–Trinajstić information content (AvgIpc) is 2.72. The van der Waals surface area contributed by atoms with Crippen LogP contribution in [0, 0.1) is 25.7 Å². The highest BCUT2D eigenvalue weighted by atomic mass is 32.1. The number of carboxylic acid groups (broad SMARTS) is 1. The van der Waals surface area contributed by atoms with Crippen LogP contribution in [0.4, 0.5) is 5.00 Å². The summed E-state index contributed by atoms with van der Waals surface area (Å²) < 4.78 is 0. The van der Waals surface area contributed by atoms with E-state index in [-0.39, 0.29) is 5.56 Å². The molecule has 0 aliphatic rings. The fourth-order valence-corrected chi connectivity index (χ4v) is 2.80. The minimum absolute atomic E-state index is 0.132. The normalized spacial score (nSPS) is 9.62. The molecule has 106 valence electrons. The van der Waals surface area contributed by atoms with E-state index in [2.05, 4.69) is 17.2 Å². The molecule has 0 aliphatic carbocycles. The van der Waals surface area contributed by atoms with Crippen LogP contribution in [0.25, 0.3) is 0 Å². The first-order chi connectivity index (χ1) is 9.99. The summed E-state index contributed by atoms with van der Waals surface area (Å²) in [5, 5.41) is 12.1. The van der Waals surface area contributed by atoms with Gasteiger partial charge in [-0.3, -0.25) is 4.79 Å². The Morgan fingerprint density at radius 3 is 2.48 bits per heavy atom. The number of anilines is 1. The van der Waals surface area contributed by atoms with Crippen LogP contribution in [0.15, 0.2) is 30.3 Å². The molecular formula is C16H13NO3S. The Kier molecular flexibility index (Phi) is 4.41. The summed E-state index contributed by atoms with van der Waals surface area (Å²) in [6, 6.07) is 9.11. The van der Waals surface area contributed by atoms with Crippen molar-refractivity contribution in [1.82, 2.24) is 0 Å². The molecule has 0 bridgehead atoms. The molecular weight excluding hydrogens is 286 g/mol. The first-order valence-corrected chi connectivity index (χ1v) is 7.02. The lowest BCUT2D eigenvalue weighted by atomic mass is 10.1. The predicted octanol–water partition coefficient (Wildman–Crippen LogP) is 3.05. The first-order valence-electron chi connectivity index (χ1n) is 6.20. The van der Waals surface area contributed by atoms with Gasteiger partial charge in [0.05, 0.1) is 5.56 Å². The Bertz CT molecular complexity index is 751. The summed E-state index contributed by atoms with van der Waals surface area (Å²) in [4.78, 5) is 23.9. The Morgan fingerprint density at radius 2 is 1.86 bits per heavy atom. The van der Waals surface area contributed by atoms with E-state index in [9.17, 15) is 14.7 Å². The first kappa shape index (κ1) is 14.8. The van der Waals surface area contributed by atoms with Crippen molar-refractivity contribution in [2.75, 3.05) is 5.32 Å². The number of amides is 1. The van der Waals surface area contributed by atoms with Crippen LogP contribution in [-0.2, 0) is 4.79 Å². The van der Waals surface area contributed by atoms with E-state index >= 15 is 0 Å². The number of carboxylic acids is 1. The molecule has 2 N–H and O–H groups in total. The van der Waals surface area contributed by atoms with E-state index in [1.165, 1.54) is 11.3 Å². The van der Waals surface area contributed by atoms with Gasteiger partial charge in [0.15, 0.2) is 0 Å². The quantitative estimate of drug-likeness (QED) is 0.838. The summed E-state index contributed by atoms with van der Waals surface area (Å²) in [5.74, 6) is 3.61. The highest BCUT2D eigenvalue weighted by molar-refractivity contribution is 7.16. The zero-order valence-corrected chi connectivity index (χ0v) is 12.4. The summed E-state index contributed by atoms with van der Waals surface area (Å²) in [6.07, 6.45) is 0. The number of carbonyl (C=O) groups is 2. The van der Waals surface area contributed by atoms with Gasteiger partial charge in [0.1, 0.15) is 5.00 Å². The largest absolute Gasteiger partial charge is 0.478 e. The van der Waals surface area contributed by atoms with Gasteiger partial charge in [-0.15, -0.1) is 11.3 Å². The third-order valence-corrected chi connectivity index (χ3v) is 4.04. The molecule has 0 unspecified atom stereocenters. The molecule has 21 heavy (non-hydrogen) atoms. The van der Waals surface area contributed by atoms with Crippen LogP contribution in [-0.4, -0.2) is 17.0 Å². The van der Waals surface area contributed by atoms with E-state index in [4.69, 9.17) is 0 Å². The highest BCUT2D eigenvalue weighted by Crippen LogP contribution is 2.32. The summed E-state index contributed by atoms with van der Waals surface area (Å²) in [6.45, 7) is 3.54. The van der Waals surface area contributed by atoms with E-state index in [0.717, 1.165) is 10.4 Å². The lowest BCUT2D eigenvalue weighted by molar-refractivity contribution is -0.111. The van der Waals surface area contributed by atoms with Crippen molar-refractivity contribution >= 4 is 28.2 Å². The summed E-state index contributed by atoms with van der Waals surface area (Å²) in [7, 11) is 0. The molecule has 0 fully saturated rings. The Hall–Kier alpha value is -2.58. The predicted molar refractivity (Wildman–Crippen MR) is 82.7 cm³/mol. The second kappa shape index (κ2) is 6.25. The third kappa shape index (κ3) is 3.50. The molecule has 1 amide bonds. The molecule has 2 aromatic rings. The maximum absolute atomic E-state index is 11.8. The lowest BCUT2D eigenvalue weighted by Gasteiger charge is -1.99. The number of carbonyl (C=O) groups excluding carboxylic acids is 1. The number of aromatic carboxylic acids is 1. The van der Waals surface area contributed by atoms with Crippen LogP contribution in [0.5, 0.6) is 0 Å². The van der Waals surface area contributed by atoms with Crippen molar-refractivity contribution in [3.8, 4) is 11.8 Å². The van der Waals surface area contributed by atoms with Crippen LogP contribution < -0.4 is 5.32 Å². The number of aryl methyl sites for hydroxylation is 1. The number of hydrogen-bond acceptors (Lipinski definition) is 3. The van der Waals surface area contributed by atoms with E-state index in [1.807, 2.05) is 25.1 Å². The second-order valence-corrected chi connectivity index (χ2v) is 5.59. The number of benzene rings is 1. The van der Waals surface area contributed by atoms with E-state index in [1.54, 1.807) is 19.1 Å². The summed E-state index contributed by atoms with van der Waals surface area (Å²) >= 11 is 1.24. The third-order valence-electron chi connectivity index (χ3n) is 2.92. The Labute approximate surface area is 126 Å². The maximum atomic E-state index is 11.8. The van der Waals surface area contributed by atoms with Crippen LogP contribution >= 0.6 is 11.3 Å². The molecule has 0 atom stereocenters. The van der Waals surface area contributed by atoms with Gasteiger partial charge in [-0.1, -0.05) is 24.1 Å². The Balaban J connectivity index is 2.20. The van der Waals surface area contributed by atoms with Gasteiger partial charge in [0.25, 0.3) is 0 Å². The zero-order chi connectivity index (χ0) is 15.4. The van der Waals surface area contributed by atoms with Crippen LogP contribution in [0.2, 0.25) is 0 Å². The molecule has 4 nitrogen and oxygen atoms in total. The summed E-state index contributed by atoms with van der Waals surface area (Å²) in [5.41, 5.74) is 1.52. The molecule has 1 aromatic heterocycles. The number of nitrogens with one attached hydrogen (secondary N) is 1. The highest BCUT2D eigenvalue weighted by Gasteiger charge is 2.19. The van der Waals surface area contributed by atoms with Gasteiger partial charge < -0.3 is 10.4 Å². The topological polar surface area (TPSA) is 66.4 Å². The molecule has 1 aromatic carbocycles. The number of rotatable bonds is 2. The molecule has 2 rings (SSSR count). The van der Waals surface area contributed by atoms with Gasteiger partial charge in [-0.2, -0.15) is 0 Å². The Morgan fingerprint density at radius 1 is 1.19 bits per heavy atom. The number of thiophene rings is 1. The van der Waals surface area contributed by atoms with Gasteiger partial charge in [0, 0.05) is 16.4 Å². The van der Waals surface area contributed by atoms with Crippen molar-refractivity contribution < 1.29 is 14.7 Å². The fraction of sp³-hybridized carbons (Fsp3) is 0.125. The van der Waals surface area contributed by atoms with Crippen molar-refractivity contribution in [2.45, 2.75) is 13.8 Å². The van der Waals surface area contributed by atoms with Gasteiger partial charge in [-0.05, 0) is 31.5 Å². The standard InChI is InChI=1S/C16H13NO3S/c1-10-11(2)21-15(14(10)16(19)20)17-13(18)9-8-12-6-4-3-5-7-12/h3-7H,1-2H3,(H,17,18)(H,19,20). The molecule has 5 heteroatoms. The zero-order valence-electron chi connectivity index (χ0n) is 11.6. The lowest BCUT2D eigenvalue weighted by Crippen LogP contribution is -2.11. The smallest absolute Gasteiger partial charge is 0.338 e. The van der Waals surface area contributed by atoms with Crippen molar-refractivity contribution in [3.05, 3.63) is 51.9 Å². The molecule has 0 saturated carbocycles. The molecule has 0 saturated heterocycles. The van der Waals surface area contributed by atoms with E-state index < -0.39 is 11.9 Å². The van der Waals surface area contributed by atoms with Gasteiger partial charge in [-0.25, -0.2) is 4.79 Å². The van der Waals surface area contributed by atoms with Crippen LogP contribution in [0.1, 0.15) is 26.4 Å². The SMILES string of the molecule is Cc1sc(NC(=O)C#Cc2ccccc2)c(C(=O)O)c1C. The molecule has 1 heterocycles. The van der Waals surface area contributed by atoms with Gasteiger partial charge in [0.2, 0.25) is 0 Å².